The summed E-state index contributed by atoms with van der Waals surface area (Å²) in [5.74, 6) is -55.4. The minimum Gasteiger partial charge on any atom is -0.294 e. The third-order valence-corrected chi connectivity index (χ3v) is 9.91. The van der Waals surface area contributed by atoms with Crippen LogP contribution in [-0.4, -0.2) is 72.7 Å². The Bertz CT molecular complexity index is 1070. The quantitative estimate of drug-likeness (QED) is 0.140. The molecule has 0 aromatic carbocycles. The van der Waals surface area contributed by atoms with Gasteiger partial charge in [-0.1, -0.05) is 26.2 Å². The molecule has 250 valence electrons. The monoisotopic (exact) mass is 699 g/mol. The van der Waals surface area contributed by atoms with Crippen molar-refractivity contribution in [2.24, 2.45) is 5.92 Å². The minimum absolute atomic E-state index is 0.246. The first kappa shape index (κ1) is 38.8. The van der Waals surface area contributed by atoms with Gasteiger partial charge in [0, 0.05) is 12.3 Å². The number of carbonyl (C=O) groups is 1. The van der Waals surface area contributed by atoms with Crippen molar-refractivity contribution in [2.45, 2.75) is 92.4 Å². The number of hydrogen-bond acceptors (Lipinski definition) is 4. The number of ketones is 1. The van der Waals surface area contributed by atoms with Crippen LogP contribution in [0.1, 0.15) is 45.4 Å². The van der Waals surface area contributed by atoms with Gasteiger partial charge in [0.1, 0.15) is 5.75 Å². The van der Waals surface area contributed by atoms with E-state index < -0.39 is 97.9 Å². The summed E-state index contributed by atoms with van der Waals surface area (Å²) in [6.07, 6.45) is -6.27. The summed E-state index contributed by atoms with van der Waals surface area (Å²) >= 11 is -2.68. The van der Waals surface area contributed by atoms with Gasteiger partial charge < -0.3 is 0 Å². The van der Waals surface area contributed by atoms with E-state index in [1.54, 1.807) is 0 Å². The van der Waals surface area contributed by atoms with Gasteiger partial charge in [0.15, 0.2) is 17.0 Å². The van der Waals surface area contributed by atoms with Crippen LogP contribution in [0, 0.1) is 5.92 Å². The smallest absolute Gasteiger partial charge is 0.294 e. The molecule has 4 nitrogen and oxygen atoms in total. The van der Waals surface area contributed by atoms with Crippen LogP contribution >= 0.6 is 0 Å². The zero-order valence-corrected chi connectivity index (χ0v) is 22.2. The standard InChI is InChI=1S/C19H20F17O4S2/c1-2-11(37)9-41(8-10-6-4-3-5-7-10)40-42(38,39)19(35,36)17(30,31)15(26,27)13(22,23)12(20,21)14(24,25)16(28,29)18(32,33)34/h10H,2-9H2,1H3/q+1. The molecule has 0 N–H and O–H groups in total. The van der Waals surface area contributed by atoms with Gasteiger partial charge in [0.05, 0.1) is 0 Å². The molecule has 42 heavy (non-hydrogen) atoms. The Hall–Kier alpha value is -1.26. The molecule has 0 saturated heterocycles. The fourth-order valence-electron chi connectivity index (χ4n) is 3.48. The average molecular weight is 699 g/mol. The predicted molar refractivity (Wildman–Crippen MR) is 110 cm³/mol. The van der Waals surface area contributed by atoms with Gasteiger partial charge in [-0.15, -0.1) is 0 Å². The van der Waals surface area contributed by atoms with Crippen LogP contribution < -0.4 is 0 Å². The van der Waals surface area contributed by atoms with Crippen molar-refractivity contribution < 1.29 is 91.5 Å². The minimum atomic E-state index is -8.91. The Morgan fingerprint density at radius 3 is 1.43 bits per heavy atom. The van der Waals surface area contributed by atoms with E-state index >= 15 is 0 Å². The molecule has 1 unspecified atom stereocenters. The van der Waals surface area contributed by atoms with Crippen LogP contribution in [0.2, 0.25) is 0 Å². The van der Waals surface area contributed by atoms with E-state index in [-0.39, 0.29) is 12.8 Å². The zero-order valence-electron chi connectivity index (χ0n) is 20.6. The summed E-state index contributed by atoms with van der Waals surface area (Å²) in [5.41, 5.74) is 0. The first-order chi connectivity index (χ1) is 18.4. The number of Topliss-reactive ketones (excluding diaryl/α,β-unsaturated/α-hetero) is 1. The van der Waals surface area contributed by atoms with Crippen molar-refractivity contribution >= 4 is 27.1 Å². The van der Waals surface area contributed by atoms with Crippen molar-refractivity contribution in [1.29, 1.82) is 0 Å². The van der Waals surface area contributed by atoms with Gasteiger partial charge in [0.25, 0.3) is 0 Å². The Kier molecular flexibility index (Phi) is 11.0. The van der Waals surface area contributed by atoms with Crippen molar-refractivity contribution in [1.82, 2.24) is 0 Å². The molecule has 0 aromatic heterocycles. The Morgan fingerprint density at radius 1 is 0.667 bits per heavy atom. The Morgan fingerprint density at radius 2 is 1.05 bits per heavy atom. The van der Waals surface area contributed by atoms with Crippen LogP contribution in [0.3, 0.4) is 0 Å². The third kappa shape index (κ3) is 6.28. The molecular weight excluding hydrogens is 679 g/mol. The summed E-state index contributed by atoms with van der Waals surface area (Å²) in [6, 6.07) is 0. The highest BCUT2D eigenvalue weighted by Gasteiger charge is 2.96. The number of halogens is 17. The lowest BCUT2D eigenvalue weighted by Gasteiger charge is -2.42. The lowest BCUT2D eigenvalue weighted by molar-refractivity contribution is -0.458. The number of carbonyl (C=O) groups excluding carboxylic acids is 1. The fraction of sp³-hybridized carbons (Fsp3) is 0.947. The lowest BCUT2D eigenvalue weighted by atomic mass is 9.91. The molecule has 1 atom stereocenters. The Balaban J connectivity index is 3.59. The van der Waals surface area contributed by atoms with Crippen LogP contribution in [-0.2, 0) is 29.7 Å². The van der Waals surface area contributed by atoms with Gasteiger partial charge in [0.2, 0.25) is 5.75 Å². The molecule has 0 heterocycles. The normalized spacial score (nSPS) is 18.7. The molecule has 1 aliphatic carbocycles. The molecular formula is C19H20F17O4S2+. The number of hydrogen-bond donors (Lipinski definition) is 0. The molecule has 1 rings (SSSR count). The summed E-state index contributed by atoms with van der Waals surface area (Å²) < 4.78 is 257. The maximum absolute atomic E-state index is 14.4. The molecule has 0 spiro atoms. The van der Waals surface area contributed by atoms with Gasteiger partial charge in [-0.25, -0.2) is 0 Å². The summed E-state index contributed by atoms with van der Waals surface area (Å²) in [7, 11) is -7.69. The Labute approximate surface area is 229 Å². The van der Waals surface area contributed by atoms with Crippen LogP contribution in [0.15, 0.2) is 0 Å². The third-order valence-electron chi connectivity index (χ3n) is 6.06. The van der Waals surface area contributed by atoms with Crippen molar-refractivity contribution in [3.05, 3.63) is 0 Å². The predicted octanol–water partition coefficient (Wildman–Crippen LogP) is 7.39. The maximum Gasteiger partial charge on any atom is 0.460 e. The molecule has 0 aromatic rings. The highest BCUT2D eigenvalue weighted by molar-refractivity contribution is 8.03. The molecule has 0 radical (unpaired) electrons. The second-order valence-electron chi connectivity index (χ2n) is 9.13. The molecule has 1 aliphatic rings. The van der Waals surface area contributed by atoms with E-state index in [9.17, 15) is 87.8 Å². The van der Waals surface area contributed by atoms with E-state index in [1.807, 2.05) is 0 Å². The first-order valence-corrected chi connectivity index (χ1v) is 14.2. The van der Waals surface area contributed by atoms with E-state index in [1.165, 1.54) is 0 Å². The highest BCUT2D eigenvalue weighted by atomic mass is 32.3. The maximum atomic E-state index is 14.4. The van der Waals surface area contributed by atoms with Crippen molar-refractivity contribution in [2.75, 3.05) is 11.5 Å². The van der Waals surface area contributed by atoms with Crippen molar-refractivity contribution in [3.8, 4) is 0 Å². The van der Waals surface area contributed by atoms with E-state index in [0.717, 1.165) is 6.92 Å². The van der Waals surface area contributed by atoms with Crippen LogP contribution in [0.25, 0.3) is 0 Å². The molecule has 0 amide bonds. The van der Waals surface area contributed by atoms with Gasteiger partial charge in [-0.2, -0.15) is 83.1 Å². The summed E-state index contributed by atoms with van der Waals surface area (Å²) in [6.45, 7) is 1.14. The SMILES string of the molecule is CCC(=O)C[S+](CC1CCCCC1)OS(=O)(=O)C(F)(F)C(F)(F)C(F)(F)C(F)(F)C(F)(F)C(F)(F)C(F)(F)C(F)(F)F. The van der Waals surface area contributed by atoms with Gasteiger partial charge in [-0.3, -0.25) is 4.79 Å². The molecule has 23 heteroatoms. The second kappa shape index (κ2) is 11.9. The number of rotatable bonds is 14. The lowest BCUT2D eigenvalue weighted by Crippen LogP contribution is -2.75. The molecule has 0 aliphatic heterocycles. The largest absolute Gasteiger partial charge is 0.460 e. The molecule has 0 bridgehead atoms. The van der Waals surface area contributed by atoms with Crippen LogP contribution in [0.4, 0.5) is 74.6 Å². The fourth-order valence-corrected chi connectivity index (χ4v) is 7.24. The summed E-state index contributed by atoms with van der Waals surface area (Å²) in [5, 5.41) is -7.75. The topological polar surface area (TPSA) is 60.4 Å². The highest BCUT2D eigenvalue weighted by Crippen LogP contribution is 2.64. The van der Waals surface area contributed by atoms with Crippen LogP contribution in [0.5, 0.6) is 0 Å². The number of alkyl halides is 17. The van der Waals surface area contributed by atoms with E-state index in [4.69, 9.17) is 0 Å². The second-order valence-corrected chi connectivity index (χ2v) is 12.6. The first-order valence-electron chi connectivity index (χ1n) is 11.3. The molecule has 1 saturated carbocycles. The van der Waals surface area contributed by atoms with E-state index in [0.29, 0.717) is 19.3 Å². The zero-order chi connectivity index (χ0) is 33.6. The van der Waals surface area contributed by atoms with Gasteiger partial charge >= 0.3 is 57.1 Å². The summed E-state index contributed by atoms with van der Waals surface area (Å²) in [4.78, 5) is 11.7. The van der Waals surface area contributed by atoms with Gasteiger partial charge in [-0.05, 0) is 16.5 Å². The molecule has 1 fully saturated rings. The average Bonchev–Trinajstić information content (AvgIpc) is 2.82. The van der Waals surface area contributed by atoms with E-state index in [2.05, 4.69) is 3.63 Å². The van der Waals surface area contributed by atoms with Crippen molar-refractivity contribution in [3.63, 3.8) is 0 Å².